The molecule has 32 heavy (non-hydrogen) atoms. The van der Waals surface area contributed by atoms with Crippen LogP contribution >= 0.6 is 11.6 Å². The standard InChI is InChI=1S/C20H20ClN5O6/c1-20(2,3)31-16(27)10-25(4)18-17(26(28)29)19(23-11-22-18)30-14-6-5-12(21)9-13(14)15-7-8-24-32-15/h5-9,11H,10H2,1-4H3. The summed E-state index contributed by atoms with van der Waals surface area (Å²) in [7, 11) is 1.48. The van der Waals surface area contributed by atoms with Crippen molar-refractivity contribution >= 4 is 29.1 Å². The van der Waals surface area contributed by atoms with Gasteiger partial charge in [0.1, 0.15) is 24.2 Å². The van der Waals surface area contributed by atoms with Gasteiger partial charge in [-0.2, -0.15) is 4.98 Å². The molecule has 3 rings (SSSR count). The molecule has 0 radical (unpaired) electrons. The number of halogens is 1. The summed E-state index contributed by atoms with van der Waals surface area (Å²) >= 11 is 6.08. The van der Waals surface area contributed by atoms with Crippen molar-refractivity contribution in [2.75, 3.05) is 18.5 Å². The summed E-state index contributed by atoms with van der Waals surface area (Å²) in [6.07, 6.45) is 2.55. The van der Waals surface area contributed by atoms with Crippen molar-refractivity contribution in [1.29, 1.82) is 0 Å². The molecule has 0 fully saturated rings. The summed E-state index contributed by atoms with van der Waals surface area (Å²) < 4.78 is 16.2. The molecule has 2 aromatic heterocycles. The molecule has 11 nitrogen and oxygen atoms in total. The van der Waals surface area contributed by atoms with Crippen LogP contribution in [0.25, 0.3) is 11.3 Å². The first-order chi connectivity index (χ1) is 15.0. The van der Waals surface area contributed by atoms with Gasteiger partial charge in [0.2, 0.25) is 5.82 Å². The van der Waals surface area contributed by atoms with Gasteiger partial charge in [0.25, 0.3) is 0 Å². The molecule has 2 heterocycles. The molecule has 168 valence electrons. The molecule has 0 spiro atoms. The number of nitrogens with zero attached hydrogens (tertiary/aromatic N) is 5. The Bertz CT molecular complexity index is 1130. The molecule has 0 bridgehead atoms. The smallest absolute Gasteiger partial charge is 0.373 e. The maximum absolute atomic E-state index is 12.2. The lowest BCUT2D eigenvalue weighted by Crippen LogP contribution is -2.33. The number of carbonyl (C=O) groups is 1. The van der Waals surface area contributed by atoms with E-state index in [1.54, 1.807) is 39.0 Å². The Morgan fingerprint density at radius 2 is 2.03 bits per heavy atom. The SMILES string of the molecule is CN(CC(=O)OC(C)(C)C)c1ncnc(Oc2ccc(Cl)cc2-c2ccno2)c1[N+](=O)[O-]. The average molecular weight is 462 g/mol. The van der Waals surface area contributed by atoms with E-state index in [1.165, 1.54) is 24.2 Å². The fourth-order valence-corrected chi connectivity index (χ4v) is 2.92. The Morgan fingerprint density at radius 3 is 2.66 bits per heavy atom. The molecular formula is C20H20ClN5O6. The number of likely N-dealkylation sites (N-methyl/N-ethyl adjacent to an activating group) is 1. The van der Waals surface area contributed by atoms with Gasteiger partial charge in [-0.3, -0.25) is 14.9 Å². The monoisotopic (exact) mass is 461 g/mol. The zero-order valence-electron chi connectivity index (χ0n) is 17.7. The normalized spacial score (nSPS) is 11.2. The first-order valence-corrected chi connectivity index (χ1v) is 9.74. The fourth-order valence-electron chi connectivity index (χ4n) is 2.75. The number of anilines is 1. The van der Waals surface area contributed by atoms with Crippen LogP contribution in [0.1, 0.15) is 20.8 Å². The predicted molar refractivity (Wildman–Crippen MR) is 115 cm³/mol. The number of hydrogen-bond donors (Lipinski definition) is 0. The second-order valence-electron chi connectivity index (χ2n) is 7.67. The van der Waals surface area contributed by atoms with Gasteiger partial charge in [-0.05, 0) is 39.0 Å². The van der Waals surface area contributed by atoms with Crippen LogP contribution in [0.5, 0.6) is 11.6 Å². The molecule has 0 saturated heterocycles. The maximum atomic E-state index is 12.2. The van der Waals surface area contributed by atoms with Crippen molar-refractivity contribution in [1.82, 2.24) is 15.1 Å². The third-order valence-electron chi connectivity index (χ3n) is 3.95. The fraction of sp³-hybridized carbons (Fsp3) is 0.300. The second-order valence-corrected chi connectivity index (χ2v) is 8.11. The van der Waals surface area contributed by atoms with E-state index in [9.17, 15) is 14.9 Å². The highest BCUT2D eigenvalue weighted by atomic mass is 35.5. The lowest BCUT2D eigenvalue weighted by Gasteiger charge is -2.23. The number of nitro groups is 1. The highest BCUT2D eigenvalue weighted by molar-refractivity contribution is 6.30. The van der Waals surface area contributed by atoms with Crippen LogP contribution in [0.4, 0.5) is 11.5 Å². The number of esters is 1. The van der Waals surface area contributed by atoms with Gasteiger partial charge >= 0.3 is 17.5 Å². The van der Waals surface area contributed by atoms with Crippen molar-refractivity contribution in [3.63, 3.8) is 0 Å². The van der Waals surface area contributed by atoms with E-state index in [-0.39, 0.29) is 24.0 Å². The van der Waals surface area contributed by atoms with E-state index in [2.05, 4.69) is 15.1 Å². The van der Waals surface area contributed by atoms with E-state index in [0.717, 1.165) is 6.33 Å². The van der Waals surface area contributed by atoms with Crippen LogP contribution < -0.4 is 9.64 Å². The van der Waals surface area contributed by atoms with Crippen LogP contribution in [-0.2, 0) is 9.53 Å². The van der Waals surface area contributed by atoms with E-state index in [0.29, 0.717) is 16.3 Å². The third-order valence-corrected chi connectivity index (χ3v) is 4.19. The quantitative estimate of drug-likeness (QED) is 0.285. The summed E-state index contributed by atoms with van der Waals surface area (Å²) in [6.45, 7) is 4.91. The molecule has 0 N–H and O–H groups in total. The Labute approximate surface area is 188 Å². The van der Waals surface area contributed by atoms with Gasteiger partial charge < -0.3 is 18.9 Å². The van der Waals surface area contributed by atoms with Crippen LogP contribution in [0.15, 0.2) is 41.3 Å². The van der Waals surface area contributed by atoms with E-state index >= 15 is 0 Å². The van der Waals surface area contributed by atoms with Crippen molar-refractivity contribution < 1.29 is 23.7 Å². The minimum atomic E-state index is -0.699. The Kier molecular flexibility index (Phi) is 6.58. The van der Waals surface area contributed by atoms with Crippen molar-refractivity contribution in [3.05, 3.63) is 51.9 Å². The predicted octanol–water partition coefficient (Wildman–Crippen LogP) is 4.26. The number of rotatable bonds is 7. The average Bonchev–Trinajstić information content (AvgIpc) is 3.22. The summed E-state index contributed by atoms with van der Waals surface area (Å²) in [5.41, 5.74) is -0.793. The van der Waals surface area contributed by atoms with E-state index in [4.69, 9.17) is 25.6 Å². The van der Waals surface area contributed by atoms with Gasteiger partial charge in [-0.1, -0.05) is 16.8 Å². The molecule has 0 amide bonds. The van der Waals surface area contributed by atoms with Gasteiger partial charge in [0.05, 0.1) is 16.7 Å². The largest absolute Gasteiger partial charge is 0.459 e. The minimum Gasteiger partial charge on any atom is -0.459 e. The van der Waals surface area contributed by atoms with Gasteiger partial charge in [0, 0.05) is 18.1 Å². The summed E-state index contributed by atoms with van der Waals surface area (Å²) in [5, 5.41) is 15.9. The molecular weight excluding hydrogens is 442 g/mol. The molecule has 0 aliphatic heterocycles. The molecule has 0 unspecified atom stereocenters. The van der Waals surface area contributed by atoms with E-state index < -0.39 is 22.2 Å². The molecule has 0 saturated carbocycles. The first kappa shape index (κ1) is 22.9. The molecule has 1 aromatic carbocycles. The Hall–Kier alpha value is -3.73. The number of aromatic nitrogens is 3. The van der Waals surface area contributed by atoms with E-state index in [1.807, 2.05) is 0 Å². The molecule has 0 atom stereocenters. The minimum absolute atomic E-state index is 0.110. The zero-order valence-corrected chi connectivity index (χ0v) is 18.5. The molecule has 12 heteroatoms. The van der Waals surface area contributed by atoms with Crippen molar-refractivity contribution in [3.8, 4) is 23.0 Å². The van der Waals surface area contributed by atoms with Gasteiger partial charge in [-0.25, -0.2) is 4.98 Å². The Balaban J connectivity index is 1.96. The topological polar surface area (TPSA) is 134 Å². The number of carbonyl (C=O) groups excluding carboxylic acids is 1. The zero-order chi connectivity index (χ0) is 23.5. The number of ether oxygens (including phenoxy) is 2. The van der Waals surface area contributed by atoms with Gasteiger partial charge in [0.15, 0.2) is 5.76 Å². The van der Waals surface area contributed by atoms with Crippen LogP contribution in [-0.4, -0.2) is 45.2 Å². The van der Waals surface area contributed by atoms with Crippen LogP contribution in [0, 0.1) is 10.1 Å². The van der Waals surface area contributed by atoms with Crippen molar-refractivity contribution in [2.45, 2.75) is 26.4 Å². The molecule has 0 aliphatic carbocycles. The first-order valence-electron chi connectivity index (χ1n) is 9.36. The summed E-state index contributed by atoms with van der Waals surface area (Å²) in [4.78, 5) is 32.6. The summed E-state index contributed by atoms with van der Waals surface area (Å²) in [6, 6.07) is 6.24. The number of benzene rings is 1. The highest BCUT2D eigenvalue weighted by Gasteiger charge is 2.30. The summed E-state index contributed by atoms with van der Waals surface area (Å²) in [5.74, 6) is -0.448. The number of hydrogen-bond acceptors (Lipinski definition) is 10. The van der Waals surface area contributed by atoms with Crippen LogP contribution in [0.2, 0.25) is 5.02 Å². The van der Waals surface area contributed by atoms with Crippen LogP contribution in [0.3, 0.4) is 0 Å². The second kappa shape index (κ2) is 9.18. The lowest BCUT2D eigenvalue weighted by molar-refractivity contribution is -0.385. The third kappa shape index (κ3) is 5.49. The highest BCUT2D eigenvalue weighted by Crippen LogP contribution is 2.40. The Morgan fingerprint density at radius 1 is 1.28 bits per heavy atom. The maximum Gasteiger partial charge on any atom is 0.373 e. The molecule has 0 aliphatic rings. The molecule has 3 aromatic rings. The van der Waals surface area contributed by atoms with Gasteiger partial charge in [-0.15, -0.1) is 0 Å². The van der Waals surface area contributed by atoms with Crippen molar-refractivity contribution in [2.24, 2.45) is 0 Å². The lowest BCUT2D eigenvalue weighted by atomic mass is 10.1.